The van der Waals surface area contributed by atoms with Crippen LogP contribution >= 0.6 is 0 Å². The number of hydrogen-bond acceptors (Lipinski definition) is 3. The Labute approximate surface area is 125 Å². The highest BCUT2D eigenvalue weighted by Crippen LogP contribution is 2.21. The maximum Gasteiger partial charge on any atom is 0.256 e. The van der Waals surface area contributed by atoms with Gasteiger partial charge in [-0.15, -0.1) is 0 Å². The fourth-order valence-corrected chi connectivity index (χ4v) is 2.76. The van der Waals surface area contributed by atoms with Gasteiger partial charge in [-0.3, -0.25) is 9.59 Å². The number of amides is 2. The van der Waals surface area contributed by atoms with E-state index in [2.05, 4.69) is 5.32 Å². The third-order valence-corrected chi connectivity index (χ3v) is 3.70. The van der Waals surface area contributed by atoms with Crippen LogP contribution in [0.15, 0.2) is 30.3 Å². The van der Waals surface area contributed by atoms with Crippen molar-refractivity contribution in [1.29, 1.82) is 0 Å². The summed E-state index contributed by atoms with van der Waals surface area (Å²) in [5.74, 6) is -0.0978. The standard InChI is InChI=1S/C16H22N2O3/c1-12(19)17-14-9-6-10-18(11-14)16(20)15(21-2)13-7-4-3-5-8-13/h3-5,7-8,14-15H,6,9-11H2,1-2H3,(H,17,19)/t14-,15+/m1/s1. The molecule has 1 heterocycles. The highest BCUT2D eigenvalue weighted by molar-refractivity contribution is 5.82. The summed E-state index contributed by atoms with van der Waals surface area (Å²) in [6.07, 6.45) is 1.22. The number of nitrogens with one attached hydrogen (secondary N) is 1. The van der Waals surface area contributed by atoms with E-state index in [4.69, 9.17) is 4.74 Å². The van der Waals surface area contributed by atoms with Gasteiger partial charge in [0, 0.05) is 33.2 Å². The van der Waals surface area contributed by atoms with Crippen molar-refractivity contribution in [3.8, 4) is 0 Å². The molecule has 1 aliphatic heterocycles. The summed E-state index contributed by atoms with van der Waals surface area (Å²) in [5.41, 5.74) is 0.853. The maximum atomic E-state index is 12.6. The summed E-state index contributed by atoms with van der Waals surface area (Å²) in [6.45, 7) is 2.76. The number of piperidine rings is 1. The highest BCUT2D eigenvalue weighted by atomic mass is 16.5. The van der Waals surface area contributed by atoms with Gasteiger partial charge in [0.2, 0.25) is 5.91 Å². The minimum atomic E-state index is -0.581. The van der Waals surface area contributed by atoms with Crippen molar-refractivity contribution in [3.05, 3.63) is 35.9 Å². The first-order valence-corrected chi connectivity index (χ1v) is 7.25. The average Bonchev–Trinajstić information content (AvgIpc) is 2.48. The SMILES string of the molecule is CO[C@H](C(=O)N1CCC[C@@H](NC(C)=O)C1)c1ccccc1. The number of rotatable bonds is 4. The molecular weight excluding hydrogens is 268 g/mol. The van der Waals surface area contributed by atoms with E-state index in [1.165, 1.54) is 6.92 Å². The number of methoxy groups -OCH3 is 1. The highest BCUT2D eigenvalue weighted by Gasteiger charge is 2.30. The van der Waals surface area contributed by atoms with Gasteiger partial charge in [-0.05, 0) is 18.4 Å². The fraction of sp³-hybridized carbons (Fsp3) is 0.500. The number of ether oxygens (including phenoxy) is 1. The van der Waals surface area contributed by atoms with Crippen LogP contribution in [-0.2, 0) is 14.3 Å². The van der Waals surface area contributed by atoms with Gasteiger partial charge in [0.05, 0.1) is 0 Å². The first-order valence-electron chi connectivity index (χ1n) is 7.25. The first kappa shape index (κ1) is 15.5. The van der Waals surface area contributed by atoms with Crippen LogP contribution in [0.4, 0.5) is 0 Å². The van der Waals surface area contributed by atoms with Gasteiger partial charge in [-0.1, -0.05) is 30.3 Å². The lowest BCUT2D eigenvalue weighted by atomic mass is 10.0. The molecule has 1 saturated heterocycles. The molecule has 0 aromatic heterocycles. The van der Waals surface area contributed by atoms with Gasteiger partial charge < -0.3 is 15.0 Å². The van der Waals surface area contributed by atoms with Gasteiger partial charge in [-0.2, -0.15) is 0 Å². The van der Waals surface area contributed by atoms with Crippen LogP contribution < -0.4 is 5.32 Å². The first-order chi connectivity index (χ1) is 10.1. The Kier molecular flexibility index (Phi) is 5.33. The second-order valence-electron chi connectivity index (χ2n) is 5.35. The van der Waals surface area contributed by atoms with Crippen molar-refractivity contribution in [2.45, 2.75) is 31.9 Å². The Hall–Kier alpha value is -1.88. The summed E-state index contributed by atoms with van der Waals surface area (Å²) in [4.78, 5) is 25.6. The van der Waals surface area contributed by atoms with E-state index < -0.39 is 6.10 Å². The Morgan fingerprint density at radius 3 is 2.67 bits per heavy atom. The molecule has 0 bridgehead atoms. The van der Waals surface area contributed by atoms with Crippen molar-refractivity contribution in [2.75, 3.05) is 20.2 Å². The number of carbonyl (C=O) groups excluding carboxylic acids is 2. The van der Waals surface area contributed by atoms with Crippen LogP contribution in [-0.4, -0.2) is 43.0 Å². The van der Waals surface area contributed by atoms with E-state index in [1.54, 1.807) is 12.0 Å². The lowest BCUT2D eigenvalue weighted by Crippen LogP contribution is -2.50. The summed E-state index contributed by atoms with van der Waals surface area (Å²) in [6, 6.07) is 9.51. The molecule has 1 aromatic carbocycles. The minimum absolute atomic E-state index is 0.0356. The molecule has 2 amide bonds. The van der Waals surface area contributed by atoms with Crippen molar-refractivity contribution in [2.24, 2.45) is 0 Å². The summed E-state index contributed by atoms with van der Waals surface area (Å²) in [5, 5.41) is 2.89. The van der Waals surface area contributed by atoms with Crippen molar-refractivity contribution in [3.63, 3.8) is 0 Å². The van der Waals surface area contributed by atoms with E-state index in [0.717, 1.165) is 18.4 Å². The summed E-state index contributed by atoms with van der Waals surface area (Å²) >= 11 is 0. The van der Waals surface area contributed by atoms with Crippen molar-refractivity contribution in [1.82, 2.24) is 10.2 Å². The number of hydrogen-bond donors (Lipinski definition) is 1. The van der Waals surface area contributed by atoms with Crippen LogP contribution in [0.3, 0.4) is 0 Å². The predicted molar refractivity (Wildman–Crippen MR) is 79.6 cm³/mol. The van der Waals surface area contributed by atoms with Gasteiger partial charge in [0.25, 0.3) is 5.91 Å². The lowest BCUT2D eigenvalue weighted by Gasteiger charge is -2.34. The predicted octanol–water partition coefficient (Wildman–Crippen LogP) is 1.50. The Bertz CT molecular complexity index is 490. The molecule has 1 fully saturated rings. The van der Waals surface area contributed by atoms with Crippen molar-refractivity contribution >= 4 is 11.8 Å². The van der Waals surface area contributed by atoms with Gasteiger partial charge in [-0.25, -0.2) is 0 Å². The van der Waals surface area contributed by atoms with E-state index in [9.17, 15) is 9.59 Å². The minimum Gasteiger partial charge on any atom is -0.367 e. The number of likely N-dealkylation sites (tertiary alicyclic amines) is 1. The molecule has 0 radical (unpaired) electrons. The van der Waals surface area contributed by atoms with E-state index >= 15 is 0 Å². The smallest absolute Gasteiger partial charge is 0.256 e. The molecule has 21 heavy (non-hydrogen) atoms. The fourth-order valence-electron chi connectivity index (χ4n) is 2.76. The molecule has 0 unspecified atom stereocenters. The Morgan fingerprint density at radius 2 is 2.05 bits per heavy atom. The second kappa shape index (κ2) is 7.22. The molecule has 0 spiro atoms. The van der Waals surface area contributed by atoms with Crippen LogP contribution in [0.1, 0.15) is 31.4 Å². The van der Waals surface area contributed by atoms with Gasteiger partial charge in [0.15, 0.2) is 6.10 Å². The largest absolute Gasteiger partial charge is 0.367 e. The Morgan fingerprint density at radius 1 is 1.33 bits per heavy atom. The molecule has 2 rings (SSSR count). The molecule has 5 heteroatoms. The summed E-state index contributed by atoms with van der Waals surface area (Å²) in [7, 11) is 1.55. The molecule has 1 N–H and O–H groups in total. The lowest BCUT2D eigenvalue weighted by molar-refractivity contribution is -0.144. The van der Waals surface area contributed by atoms with Crippen LogP contribution in [0.2, 0.25) is 0 Å². The second-order valence-corrected chi connectivity index (χ2v) is 5.35. The molecule has 1 aliphatic rings. The zero-order valence-corrected chi connectivity index (χ0v) is 12.5. The summed E-state index contributed by atoms with van der Waals surface area (Å²) < 4.78 is 5.39. The zero-order valence-electron chi connectivity index (χ0n) is 12.5. The van der Waals surface area contributed by atoms with Gasteiger partial charge >= 0.3 is 0 Å². The molecular formula is C16H22N2O3. The molecule has 114 valence electrons. The average molecular weight is 290 g/mol. The normalized spacial score (nSPS) is 19.9. The molecule has 1 aromatic rings. The molecule has 0 aliphatic carbocycles. The van der Waals surface area contributed by atoms with E-state index in [0.29, 0.717) is 13.1 Å². The molecule has 2 atom stereocenters. The number of carbonyl (C=O) groups is 2. The topological polar surface area (TPSA) is 58.6 Å². The number of benzene rings is 1. The van der Waals surface area contributed by atoms with E-state index in [-0.39, 0.29) is 17.9 Å². The van der Waals surface area contributed by atoms with Crippen molar-refractivity contribution < 1.29 is 14.3 Å². The maximum absolute atomic E-state index is 12.6. The van der Waals surface area contributed by atoms with Gasteiger partial charge in [0.1, 0.15) is 0 Å². The molecule has 0 saturated carbocycles. The quantitative estimate of drug-likeness (QED) is 0.914. The Balaban J connectivity index is 2.05. The monoisotopic (exact) mass is 290 g/mol. The van der Waals surface area contributed by atoms with Crippen LogP contribution in [0.5, 0.6) is 0 Å². The number of nitrogens with zero attached hydrogens (tertiary/aromatic N) is 1. The van der Waals surface area contributed by atoms with Crippen LogP contribution in [0.25, 0.3) is 0 Å². The zero-order chi connectivity index (χ0) is 15.2. The van der Waals surface area contributed by atoms with Crippen LogP contribution in [0, 0.1) is 0 Å². The third kappa shape index (κ3) is 4.04. The third-order valence-electron chi connectivity index (χ3n) is 3.70. The van der Waals surface area contributed by atoms with E-state index in [1.807, 2.05) is 30.3 Å². The molecule has 5 nitrogen and oxygen atoms in total.